The van der Waals surface area contributed by atoms with Crippen molar-refractivity contribution in [2.45, 2.75) is 26.2 Å². The van der Waals surface area contributed by atoms with Crippen molar-refractivity contribution in [2.24, 2.45) is 11.8 Å². The zero-order valence-corrected chi connectivity index (χ0v) is 14.7. The third-order valence-electron chi connectivity index (χ3n) is 5.68. The molecule has 1 aromatic carbocycles. The minimum Gasteiger partial charge on any atom is -0.342 e. The molecule has 0 saturated carbocycles. The van der Waals surface area contributed by atoms with Gasteiger partial charge in [-0.15, -0.1) is 5.10 Å². The maximum atomic E-state index is 12.8. The molecule has 1 aromatic heterocycles. The topological polar surface area (TPSA) is 63.1 Å². The highest BCUT2D eigenvalue weighted by Crippen LogP contribution is 2.27. The SMILES string of the molecule is Cc1c(CC(=O)N2CC[C@@H]3CNC[C@@H]3CC2)nnn1-c1ccccc1. The molecule has 132 valence electrons. The number of para-hydroxylation sites is 1. The van der Waals surface area contributed by atoms with E-state index in [1.54, 1.807) is 4.68 Å². The van der Waals surface area contributed by atoms with E-state index in [2.05, 4.69) is 15.6 Å². The molecular weight excluding hydrogens is 314 g/mol. The van der Waals surface area contributed by atoms with Crippen molar-refractivity contribution >= 4 is 5.91 Å². The number of aromatic nitrogens is 3. The lowest BCUT2D eigenvalue weighted by molar-refractivity contribution is -0.130. The van der Waals surface area contributed by atoms with E-state index in [4.69, 9.17) is 0 Å². The van der Waals surface area contributed by atoms with Crippen LogP contribution in [0.3, 0.4) is 0 Å². The maximum absolute atomic E-state index is 12.8. The number of rotatable bonds is 3. The summed E-state index contributed by atoms with van der Waals surface area (Å²) >= 11 is 0. The third kappa shape index (κ3) is 3.31. The van der Waals surface area contributed by atoms with Crippen molar-refractivity contribution in [3.8, 4) is 5.69 Å². The molecule has 0 bridgehead atoms. The number of amides is 1. The Balaban J connectivity index is 1.44. The van der Waals surface area contributed by atoms with Crippen molar-refractivity contribution in [1.29, 1.82) is 0 Å². The van der Waals surface area contributed by atoms with E-state index in [1.807, 2.05) is 42.2 Å². The van der Waals surface area contributed by atoms with E-state index in [1.165, 1.54) is 0 Å². The standard InChI is InChI=1S/C19H25N5O/c1-14-18(21-22-24(14)17-5-3-2-4-6-17)11-19(25)23-9-7-15-12-20-13-16(15)8-10-23/h2-6,15-16,20H,7-13H2,1H3/t15-,16+. The molecule has 1 N–H and O–H groups in total. The summed E-state index contributed by atoms with van der Waals surface area (Å²) in [5.41, 5.74) is 2.69. The van der Waals surface area contributed by atoms with Gasteiger partial charge >= 0.3 is 0 Å². The van der Waals surface area contributed by atoms with Crippen LogP contribution in [0.2, 0.25) is 0 Å². The largest absolute Gasteiger partial charge is 0.342 e. The summed E-state index contributed by atoms with van der Waals surface area (Å²) in [6, 6.07) is 9.92. The first kappa shape index (κ1) is 16.3. The summed E-state index contributed by atoms with van der Waals surface area (Å²) in [4.78, 5) is 14.8. The average Bonchev–Trinajstić information content (AvgIpc) is 3.17. The normalized spacial score (nSPS) is 23.3. The molecule has 0 spiro atoms. The highest BCUT2D eigenvalue weighted by atomic mass is 16.2. The number of nitrogens with zero attached hydrogens (tertiary/aromatic N) is 4. The smallest absolute Gasteiger partial charge is 0.228 e. The van der Waals surface area contributed by atoms with E-state index in [0.29, 0.717) is 6.42 Å². The molecule has 0 radical (unpaired) electrons. The zero-order valence-electron chi connectivity index (χ0n) is 14.7. The molecule has 25 heavy (non-hydrogen) atoms. The number of hydrogen-bond donors (Lipinski definition) is 1. The van der Waals surface area contributed by atoms with Gasteiger partial charge in [0, 0.05) is 13.1 Å². The Morgan fingerprint density at radius 2 is 1.84 bits per heavy atom. The summed E-state index contributed by atoms with van der Waals surface area (Å²) in [6.07, 6.45) is 2.56. The first-order chi connectivity index (χ1) is 12.2. The number of hydrogen-bond acceptors (Lipinski definition) is 4. The fourth-order valence-corrected chi connectivity index (χ4v) is 4.06. The molecule has 2 fully saturated rings. The highest BCUT2D eigenvalue weighted by Gasteiger charge is 2.31. The van der Waals surface area contributed by atoms with Gasteiger partial charge in [-0.05, 0) is 56.8 Å². The molecule has 6 heteroatoms. The van der Waals surface area contributed by atoms with Crippen LogP contribution in [-0.4, -0.2) is 52.0 Å². The minimum absolute atomic E-state index is 0.177. The quantitative estimate of drug-likeness (QED) is 0.922. The fourth-order valence-electron chi connectivity index (χ4n) is 4.06. The highest BCUT2D eigenvalue weighted by molar-refractivity contribution is 5.78. The molecule has 6 nitrogen and oxygen atoms in total. The van der Waals surface area contributed by atoms with E-state index in [9.17, 15) is 4.79 Å². The van der Waals surface area contributed by atoms with Crippen LogP contribution in [0.5, 0.6) is 0 Å². The summed E-state index contributed by atoms with van der Waals surface area (Å²) in [6.45, 7) is 5.93. The van der Waals surface area contributed by atoms with Gasteiger partial charge in [-0.1, -0.05) is 23.4 Å². The molecule has 1 amide bonds. The van der Waals surface area contributed by atoms with Crippen LogP contribution in [0.25, 0.3) is 5.69 Å². The van der Waals surface area contributed by atoms with Gasteiger partial charge in [0.05, 0.1) is 23.5 Å². The van der Waals surface area contributed by atoms with E-state index in [-0.39, 0.29) is 5.91 Å². The Labute approximate surface area is 148 Å². The third-order valence-corrected chi connectivity index (χ3v) is 5.68. The molecule has 2 aliphatic heterocycles. The Morgan fingerprint density at radius 1 is 1.16 bits per heavy atom. The predicted octanol–water partition coefficient (Wildman–Crippen LogP) is 1.58. The Kier molecular flexibility index (Phi) is 4.53. The molecule has 0 aliphatic carbocycles. The number of carbonyl (C=O) groups is 1. The molecule has 2 atom stereocenters. The van der Waals surface area contributed by atoms with E-state index < -0.39 is 0 Å². The van der Waals surface area contributed by atoms with Crippen LogP contribution in [-0.2, 0) is 11.2 Å². The van der Waals surface area contributed by atoms with Crippen molar-refractivity contribution in [3.05, 3.63) is 41.7 Å². The first-order valence-electron chi connectivity index (χ1n) is 9.17. The second-order valence-corrected chi connectivity index (χ2v) is 7.18. The van der Waals surface area contributed by atoms with Gasteiger partial charge in [-0.2, -0.15) is 0 Å². The molecular formula is C19H25N5O. The Hall–Kier alpha value is -2.21. The fraction of sp³-hybridized carbons (Fsp3) is 0.526. The second kappa shape index (κ2) is 6.96. The number of likely N-dealkylation sites (tertiary alicyclic amines) is 1. The van der Waals surface area contributed by atoms with Gasteiger partial charge in [-0.3, -0.25) is 4.79 Å². The summed E-state index contributed by atoms with van der Waals surface area (Å²) < 4.78 is 1.81. The molecule has 2 saturated heterocycles. The maximum Gasteiger partial charge on any atom is 0.228 e. The molecule has 4 rings (SSSR count). The molecule has 2 aromatic rings. The lowest BCUT2D eigenvalue weighted by Gasteiger charge is -2.20. The number of nitrogens with one attached hydrogen (secondary N) is 1. The van der Waals surface area contributed by atoms with Gasteiger partial charge in [0.2, 0.25) is 5.91 Å². The van der Waals surface area contributed by atoms with Crippen LogP contribution < -0.4 is 5.32 Å². The average molecular weight is 339 g/mol. The number of fused-ring (bicyclic) bond motifs is 1. The zero-order chi connectivity index (χ0) is 17.2. The molecule has 0 unspecified atom stereocenters. The van der Waals surface area contributed by atoms with Crippen LogP contribution in [0, 0.1) is 18.8 Å². The van der Waals surface area contributed by atoms with E-state index >= 15 is 0 Å². The molecule has 3 heterocycles. The summed E-state index contributed by atoms with van der Waals surface area (Å²) in [5.74, 6) is 1.65. The second-order valence-electron chi connectivity index (χ2n) is 7.18. The summed E-state index contributed by atoms with van der Waals surface area (Å²) in [5, 5.41) is 12.0. The van der Waals surface area contributed by atoms with Crippen LogP contribution in [0.15, 0.2) is 30.3 Å². The lowest BCUT2D eigenvalue weighted by atomic mass is 9.92. The van der Waals surface area contributed by atoms with Gasteiger partial charge in [0.1, 0.15) is 0 Å². The number of benzene rings is 1. The van der Waals surface area contributed by atoms with E-state index in [0.717, 1.165) is 67.9 Å². The van der Waals surface area contributed by atoms with Gasteiger partial charge in [-0.25, -0.2) is 4.68 Å². The lowest BCUT2D eigenvalue weighted by Crippen LogP contribution is -2.34. The monoisotopic (exact) mass is 339 g/mol. The van der Waals surface area contributed by atoms with Gasteiger partial charge < -0.3 is 10.2 Å². The van der Waals surface area contributed by atoms with Gasteiger partial charge in [0.25, 0.3) is 0 Å². The molecule has 2 aliphatic rings. The van der Waals surface area contributed by atoms with Crippen LogP contribution in [0.1, 0.15) is 24.2 Å². The Morgan fingerprint density at radius 3 is 2.52 bits per heavy atom. The van der Waals surface area contributed by atoms with Crippen molar-refractivity contribution in [3.63, 3.8) is 0 Å². The van der Waals surface area contributed by atoms with Crippen molar-refractivity contribution in [2.75, 3.05) is 26.2 Å². The summed E-state index contributed by atoms with van der Waals surface area (Å²) in [7, 11) is 0. The minimum atomic E-state index is 0.177. The Bertz CT molecular complexity index is 728. The first-order valence-corrected chi connectivity index (χ1v) is 9.17. The predicted molar refractivity (Wildman–Crippen MR) is 95.5 cm³/mol. The van der Waals surface area contributed by atoms with Crippen molar-refractivity contribution in [1.82, 2.24) is 25.2 Å². The van der Waals surface area contributed by atoms with Crippen molar-refractivity contribution < 1.29 is 4.79 Å². The van der Waals surface area contributed by atoms with Crippen LogP contribution in [0.4, 0.5) is 0 Å². The van der Waals surface area contributed by atoms with Gasteiger partial charge in [0.15, 0.2) is 0 Å². The number of carbonyl (C=O) groups excluding carboxylic acids is 1. The van der Waals surface area contributed by atoms with Crippen LogP contribution >= 0.6 is 0 Å².